The molecular weight excluding hydrogens is 246 g/mol. The van der Waals surface area contributed by atoms with Gasteiger partial charge in [0.05, 0.1) is 11.0 Å². The second-order valence-corrected chi connectivity index (χ2v) is 4.68. The van der Waals surface area contributed by atoms with E-state index in [1.807, 2.05) is 38.1 Å². The first-order chi connectivity index (χ1) is 8.52. The van der Waals surface area contributed by atoms with Crippen LogP contribution in [0.1, 0.15) is 25.3 Å². The molecule has 1 aromatic carbocycles. The quantitative estimate of drug-likeness (QED) is 0.717. The molecule has 0 aliphatic carbocycles. The highest BCUT2D eigenvalue weighted by Gasteiger charge is 2.13. The van der Waals surface area contributed by atoms with Gasteiger partial charge in [0.15, 0.2) is 0 Å². The molecule has 98 valence electrons. The number of hydrogen-bond acceptors (Lipinski definition) is 2. The minimum Gasteiger partial charge on any atom is -0.392 e. The number of thiocarbonyl (C=S) groups is 1. The van der Waals surface area contributed by atoms with Crippen molar-refractivity contribution < 1.29 is 4.79 Å². The van der Waals surface area contributed by atoms with E-state index in [0.717, 1.165) is 24.1 Å². The molecule has 5 heteroatoms. The Hall–Kier alpha value is -1.62. The fourth-order valence-electron chi connectivity index (χ4n) is 1.62. The molecule has 0 saturated heterocycles. The van der Waals surface area contributed by atoms with Crippen molar-refractivity contribution in [2.45, 2.75) is 32.7 Å². The Morgan fingerprint density at radius 3 is 2.78 bits per heavy atom. The van der Waals surface area contributed by atoms with Gasteiger partial charge in [0.2, 0.25) is 0 Å². The zero-order valence-electron chi connectivity index (χ0n) is 10.7. The topological polar surface area (TPSA) is 67.2 Å². The molecule has 1 aromatic rings. The predicted molar refractivity (Wildman–Crippen MR) is 78.8 cm³/mol. The lowest BCUT2D eigenvalue weighted by Crippen LogP contribution is -2.45. The summed E-state index contributed by atoms with van der Waals surface area (Å²) in [7, 11) is 0. The molecule has 0 heterocycles. The van der Waals surface area contributed by atoms with Crippen LogP contribution in [0.5, 0.6) is 0 Å². The second kappa shape index (κ2) is 6.96. The molecule has 4 nitrogen and oxygen atoms in total. The van der Waals surface area contributed by atoms with Gasteiger partial charge >= 0.3 is 6.03 Å². The van der Waals surface area contributed by atoms with Gasteiger partial charge in [-0.2, -0.15) is 0 Å². The van der Waals surface area contributed by atoms with Crippen LogP contribution >= 0.6 is 12.2 Å². The number of carbonyl (C=O) groups excluding carboxylic acids is 1. The number of benzene rings is 1. The van der Waals surface area contributed by atoms with E-state index in [2.05, 4.69) is 10.6 Å². The molecule has 0 saturated carbocycles. The standard InChI is InChI=1S/C13H19N3OS/c1-3-5-11(12(14)18)16-13(17)15-10-7-4-6-9(2)8-10/h4,6-8,11H,3,5H2,1-2H3,(H2,14,18)(H2,15,16,17). The van der Waals surface area contributed by atoms with Gasteiger partial charge in [0, 0.05) is 5.69 Å². The Kier molecular flexibility index (Phi) is 5.58. The minimum atomic E-state index is -0.285. The van der Waals surface area contributed by atoms with Crippen LogP contribution in [0.3, 0.4) is 0 Å². The molecule has 0 bridgehead atoms. The summed E-state index contributed by atoms with van der Waals surface area (Å²) in [5, 5.41) is 5.53. The molecule has 0 aliphatic rings. The van der Waals surface area contributed by atoms with Crippen LogP contribution in [0.15, 0.2) is 24.3 Å². The van der Waals surface area contributed by atoms with Crippen LogP contribution in [0.25, 0.3) is 0 Å². The fourth-order valence-corrected chi connectivity index (χ4v) is 1.80. The minimum absolute atomic E-state index is 0.255. The van der Waals surface area contributed by atoms with E-state index in [4.69, 9.17) is 18.0 Å². The third kappa shape index (κ3) is 4.71. The first kappa shape index (κ1) is 14.4. The number of urea groups is 1. The molecule has 1 unspecified atom stereocenters. The van der Waals surface area contributed by atoms with Gasteiger partial charge in [-0.3, -0.25) is 0 Å². The molecule has 4 N–H and O–H groups in total. The van der Waals surface area contributed by atoms with Crippen LogP contribution in [0, 0.1) is 6.92 Å². The van der Waals surface area contributed by atoms with Crippen molar-refractivity contribution in [1.29, 1.82) is 0 Å². The third-order valence-corrected chi connectivity index (χ3v) is 2.79. The van der Waals surface area contributed by atoms with Gasteiger partial charge in [0.1, 0.15) is 0 Å². The zero-order chi connectivity index (χ0) is 13.5. The van der Waals surface area contributed by atoms with Gasteiger partial charge in [-0.05, 0) is 31.0 Å². The molecule has 0 fully saturated rings. The summed E-state index contributed by atoms with van der Waals surface area (Å²) in [6.07, 6.45) is 1.66. The Labute approximate surface area is 113 Å². The summed E-state index contributed by atoms with van der Waals surface area (Å²) in [6, 6.07) is 7.05. The van der Waals surface area contributed by atoms with E-state index in [0.29, 0.717) is 4.99 Å². The highest BCUT2D eigenvalue weighted by Crippen LogP contribution is 2.09. The monoisotopic (exact) mass is 265 g/mol. The molecule has 0 radical (unpaired) electrons. The number of anilines is 1. The van der Waals surface area contributed by atoms with Crippen molar-refractivity contribution in [2.75, 3.05) is 5.32 Å². The molecule has 1 rings (SSSR count). The SMILES string of the molecule is CCCC(NC(=O)Nc1cccc(C)c1)C(N)=S. The maximum atomic E-state index is 11.8. The number of amides is 2. The summed E-state index contributed by atoms with van der Waals surface area (Å²) in [4.78, 5) is 12.1. The summed E-state index contributed by atoms with van der Waals surface area (Å²) in [5.74, 6) is 0. The summed E-state index contributed by atoms with van der Waals surface area (Å²) < 4.78 is 0. The van der Waals surface area contributed by atoms with E-state index < -0.39 is 0 Å². The number of hydrogen-bond donors (Lipinski definition) is 3. The Balaban J connectivity index is 2.57. The van der Waals surface area contributed by atoms with Gasteiger partial charge in [-0.1, -0.05) is 37.7 Å². The van der Waals surface area contributed by atoms with Gasteiger partial charge in [-0.25, -0.2) is 4.79 Å². The number of nitrogens with one attached hydrogen (secondary N) is 2. The van der Waals surface area contributed by atoms with Crippen LogP contribution in [-0.4, -0.2) is 17.1 Å². The number of rotatable bonds is 5. The largest absolute Gasteiger partial charge is 0.392 e. The maximum absolute atomic E-state index is 11.8. The fraction of sp³-hybridized carbons (Fsp3) is 0.385. The van der Waals surface area contributed by atoms with Crippen molar-refractivity contribution >= 4 is 28.9 Å². The van der Waals surface area contributed by atoms with Crippen LogP contribution in [0.2, 0.25) is 0 Å². The summed E-state index contributed by atoms with van der Waals surface area (Å²) in [6.45, 7) is 3.99. The normalized spacial score (nSPS) is 11.7. The van der Waals surface area contributed by atoms with Crippen LogP contribution < -0.4 is 16.4 Å². The van der Waals surface area contributed by atoms with Crippen LogP contribution in [-0.2, 0) is 0 Å². The van der Waals surface area contributed by atoms with Crippen molar-refractivity contribution in [3.8, 4) is 0 Å². The molecule has 0 spiro atoms. The van der Waals surface area contributed by atoms with Crippen LogP contribution in [0.4, 0.5) is 10.5 Å². The third-order valence-electron chi connectivity index (χ3n) is 2.50. The summed E-state index contributed by atoms with van der Waals surface area (Å²) >= 11 is 4.92. The van der Waals surface area contributed by atoms with E-state index >= 15 is 0 Å². The average molecular weight is 265 g/mol. The molecule has 1 atom stereocenters. The van der Waals surface area contributed by atoms with E-state index in [9.17, 15) is 4.79 Å². The highest BCUT2D eigenvalue weighted by molar-refractivity contribution is 7.80. The van der Waals surface area contributed by atoms with Gasteiger partial charge in [0.25, 0.3) is 0 Å². The van der Waals surface area contributed by atoms with E-state index in [1.165, 1.54) is 0 Å². The number of carbonyl (C=O) groups is 1. The molecule has 0 aromatic heterocycles. The highest BCUT2D eigenvalue weighted by atomic mass is 32.1. The van der Waals surface area contributed by atoms with Gasteiger partial charge in [-0.15, -0.1) is 0 Å². The first-order valence-electron chi connectivity index (χ1n) is 5.96. The van der Waals surface area contributed by atoms with Crippen molar-refractivity contribution in [3.63, 3.8) is 0 Å². The zero-order valence-corrected chi connectivity index (χ0v) is 11.5. The molecule has 0 aliphatic heterocycles. The first-order valence-corrected chi connectivity index (χ1v) is 6.37. The van der Waals surface area contributed by atoms with E-state index in [-0.39, 0.29) is 12.1 Å². The Morgan fingerprint density at radius 1 is 1.50 bits per heavy atom. The lowest BCUT2D eigenvalue weighted by molar-refractivity contribution is 0.250. The lowest BCUT2D eigenvalue weighted by atomic mass is 10.2. The second-order valence-electron chi connectivity index (χ2n) is 4.21. The summed E-state index contributed by atoms with van der Waals surface area (Å²) in [5.41, 5.74) is 7.42. The number of nitrogens with two attached hydrogens (primary N) is 1. The molecule has 2 amide bonds. The van der Waals surface area contributed by atoms with E-state index in [1.54, 1.807) is 0 Å². The van der Waals surface area contributed by atoms with Crippen molar-refractivity contribution in [2.24, 2.45) is 5.73 Å². The maximum Gasteiger partial charge on any atom is 0.319 e. The average Bonchev–Trinajstić information content (AvgIpc) is 2.28. The van der Waals surface area contributed by atoms with Gasteiger partial charge < -0.3 is 16.4 Å². The van der Waals surface area contributed by atoms with Crippen molar-refractivity contribution in [3.05, 3.63) is 29.8 Å². The molecular formula is C13H19N3OS. The predicted octanol–water partition coefficient (Wildman–Crippen LogP) is 2.57. The Morgan fingerprint density at radius 2 is 2.22 bits per heavy atom. The smallest absolute Gasteiger partial charge is 0.319 e. The molecule has 18 heavy (non-hydrogen) atoms. The number of aryl methyl sites for hydroxylation is 1. The lowest BCUT2D eigenvalue weighted by Gasteiger charge is -2.17. The Bertz CT molecular complexity index is 434. The van der Waals surface area contributed by atoms with Crippen molar-refractivity contribution in [1.82, 2.24) is 5.32 Å².